The number of phenolic OH excluding ortho intramolecular Hbond substituents is 1. The average molecular weight is 582 g/mol. The van der Waals surface area contributed by atoms with Crippen LogP contribution in [0.25, 0.3) is 10.2 Å². The molecule has 5 rings (SSSR count). The number of para-hydroxylation sites is 1. The lowest BCUT2D eigenvalue weighted by molar-refractivity contribution is -0.157. The lowest BCUT2D eigenvalue weighted by Gasteiger charge is -2.45. The maximum absolute atomic E-state index is 14.1. The van der Waals surface area contributed by atoms with Gasteiger partial charge in [-0.1, -0.05) is 42.9 Å². The molecule has 0 spiro atoms. The molecule has 1 aromatic heterocycles. The molecule has 2 aliphatic heterocycles. The van der Waals surface area contributed by atoms with Crippen molar-refractivity contribution in [1.29, 1.82) is 0 Å². The summed E-state index contributed by atoms with van der Waals surface area (Å²) in [4.78, 5) is 48.3. The molecule has 2 atom stereocenters. The van der Waals surface area contributed by atoms with Gasteiger partial charge in [-0.2, -0.15) is 5.01 Å². The zero-order valence-electron chi connectivity index (χ0n) is 23.4. The zero-order chi connectivity index (χ0) is 29.3. The van der Waals surface area contributed by atoms with Gasteiger partial charge in [0.25, 0.3) is 0 Å². The summed E-state index contributed by atoms with van der Waals surface area (Å²) in [5.74, 6) is -0.176. The number of thiazole rings is 1. The van der Waals surface area contributed by atoms with Crippen LogP contribution in [0.5, 0.6) is 11.5 Å². The molecule has 12 nitrogen and oxygen atoms in total. The number of amides is 4. The Hall–Kier alpha value is -4.10. The molecule has 13 heteroatoms. The third-order valence-electron chi connectivity index (χ3n) is 7.61. The van der Waals surface area contributed by atoms with E-state index in [1.807, 2.05) is 25.1 Å². The lowest BCUT2D eigenvalue weighted by Crippen LogP contribution is -2.65. The predicted molar refractivity (Wildman–Crippen MR) is 155 cm³/mol. The number of nitrogen functional groups attached to an aromatic ring is 1. The summed E-state index contributed by atoms with van der Waals surface area (Å²) in [5.41, 5.74) is 8.30. The summed E-state index contributed by atoms with van der Waals surface area (Å²) >= 11 is 1.39. The van der Waals surface area contributed by atoms with Gasteiger partial charge in [0.2, 0.25) is 11.8 Å². The summed E-state index contributed by atoms with van der Waals surface area (Å²) in [6.45, 7) is 3.03. The van der Waals surface area contributed by atoms with Crippen LogP contribution in [-0.2, 0) is 22.6 Å². The highest BCUT2D eigenvalue weighted by atomic mass is 32.1. The number of urea groups is 1. The van der Waals surface area contributed by atoms with Crippen LogP contribution in [0.15, 0.2) is 36.4 Å². The number of nitrogens with two attached hydrogens (primary N) is 1. The minimum Gasteiger partial charge on any atom is -0.504 e. The van der Waals surface area contributed by atoms with E-state index >= 15 is 0 Å². The van der Waals surface area contributed by atoms with Crippen molar-refractivity contribution in [2.75, 3.05) is 39.5 Å². The van der Waals surface area contributed by atoms with Crippen LogP contribution in [-0.4, -0.2) is 93.8 Å². The van der Waals surface area contributed by atoms with Crippen molar-refractivity contribution >= 4 is 44.5 Å². The molecule has 218 valence electrons. The molecule has 4 amide bonds. The van der Waals surface area contributed by atoms with Crippen LogP contribution in [0.1, 0.15) is 30.9 Å². The predicted octanol–water partition coefficient (Wildman–Crippen LogP) is 2.37. The molecule has 2 saturated heterocycles. The number of ether oxygens (including phenoxy) is 1. The van der Waals surface area contributed by atoms with Crippen molar-refractivity contribution in [2.45, 2.75) is 44.9 Å². The van der Waals surface area contributed by atoms with Crippen LogP contribution in [0, 0.1) is 0 Å². The molecule has 2 aliphatic rings. The van der Waals surface area contributed by atoms with Crippen molar-refractivity contribution < 1.29 is 24.2 Å². The van der Waals surface area contributed by atoms with Gasteiger partial charge in [-0.15, -0.1) is 0 Å². The Balaban J connectivity index is 1.48. The van der Waals surface area contributed by atoms with Gasteiger partial charge in [-0.3, -0.25) is 14.6 Å². The smallest absolute Gasteiger partial charge is 0.331 e. The first-order valence-corrected chi connectivity index (χ1v) is 14.4. The molecule has 41 heavy (non-hydrogen) atoms. The average Bonchev–Trinajstić information content (AvgIpc) is 3.50. The van der Waals surface area contributed by atoms with E-state index in [2.05, 4.69) is 10.3 Å². The number of methoxy groups -OCH3 is 1. The normalized spacial score (nSPS) is 19.1. The number of unbranched alkanes of at least 4 members (excludes halogenated alkanes) is 1. The van der Waals surface area contributed by atoms with Crippen LogP contribution in [0.3, 0.4) is 0 Å². The molecule has 0 saturated carbocycles. The van der Waals surface area contributed by atoms with Crippen LogP contribution >= 0.6 is 11.3 Å². The van der Waals surface area contributed by atoms with E-state index in [0.717, 1.165) is 34.2 Å². The van der Waals surface area contributed by atoms with Crippen LogP contribution in [0.2, 0.25) is 0 Å². The number of anilines is 1. The Bertz CT molecular complexity index is 1460. The number of carbonyl (C=O) groups excluding carboxylic acids is 3. The van der Waals surface area contributed by atoms with Crippen LogP contribution in [0.4, 0.5) is 9.93 Å². The molecular formula is C28H35N7O5S. The molecule has 0 aliphatic carbocycles. The molecule has 2 fully saturated rings. The van der Waals surface area contributed by atoms with E-state index in [-0.39, 0.29) is 55.4 Å². The van der Waals surface area contributed by atoms with Gasteiger partial charge in [0, 0.05) is 26.6 Å². The molecule has 0 radical (unpaired) electrons. The van der Waals surface area contributed by atoms with Gasteiger partial charge in [0.1, 0.15) is 12.2 Å². The fourth-order valence-corrected chi connectivity index (χ4v) is 6.26. The number of aromatic hydroxyl groups is 1. The van der Waals surface area contributed by atoms with E-state index in [0.29, 0.717) is 11.7 Å². The molecule has 3 aromatic rings. The fraction of sp³-hybridized carbons (Fsp3) is 0.429. The van der Waals surface area contributed by atoms with E-state index < -0.39 is 12.2 Å². The highest BCUT2D eigenvalue weighted by molar-refractivity contribution is 7.22. The number of fused-ring (bicyclic) bond motifs is 2. The largest absolute Gasteiger partial charge is 0.504 e. The highest BCUT2D eigenvalue weighted by Gasteiger charge is 2.51. The van der Waals surface area contributed by atoms with Gasteiger partial charge in [0.05, 0.1) is 30.4 Å². The van der Waals surface area contributed by atoms with E-state index in [1.165, 1.54) is 29.5 Å². The molecule has 0 bridgehead atoms. The van der Waals surface area contributed by atoms with Gasteiger partial charge in [-0.05, 0) is 35.7 Å². The van der Waals surface area contributed by atoms with E-state index in [9.17, 15) is 19.5 Å². The number of aromatic nitrogens is 1. The maximum atomic E-state index is 14.1. The standard InChI is InChI=1S/C28H35N7O5S/c1-4-5-11-30-28(39)32(2)34-16-24(37)35-19(12-17-9-10-20(36)21(13-17)40-3)26(38)33(15-23(34)35)14-18-7-6-8-22-25(18)31-27(29)41-22/h6-10,13,19,23,36H,4-5,11-12,14-16H2,1-3H3,(H2,29,31)(H,30,39)/t19-,23+/m0/s1. The first-order valence-electron chi connectivity index (χ1n) is 13.6. The second kappa shape index (κ2) is 11.8. The number of carbonyl (C=O) groups is 3. The zero-order valence-corrected chi connectivity index (χ0v) is 24.2. The molecule has 2 aromatic carbocycles. The number of nitrogens with zero attached hydrogens (tertiary/aromatic N) is 5. The minimum atomic E-state index is -0.822. The highest BCUT2D eigenvalue weighted by Crippen LogP contribution is 2.33. The van der Waals surface area contributed by atoms with Crippen LogP contribution < -0.4 is 15.8 Å². The summed E-state index contributed by atoms with van der Waals surface area (Å²) in [5, 5.41) is 16.6. The number of benzene rings is 2. The van der Waals surface area contributed by atoms with E-state index in [4.69, 9.17) is 10.5 Å². The summed E-state index contributed by atoms with van der Waals surface area (Å²) in [6.07, 6.45) is 1.45. The third kappa shape index (κ3) is 5.59. The Kier molecular flexibility index (Phi) is 8.18. The fourth-order valence-electron chi connectivity index (χ4n) is 5.48. The van der Waals surface area contributed by atoms with Crippen molar-refractivity contribution in [3.8, 4) is 11.5 Å². The van der Waals surface area contributed by atoms with Crippen molar-refractivity contribution in [3.05, 3.63) is 47.5 Å². The van der Waals surface area contributed by atoms with Crippen molar-refractivity contribution in [2.24, 2.45) is 0 Å². The Labute approximate surface area is 242 Å². The monoisotopic (exact) mass is 581 g/mol. The van der Waals surface area contributed by atoms with Crippen molar-refractivity contribution in [3.63, 3.8) is 0 Å². The first-order chi connectivity index (χ1) is 19.7. The van der Waals surface area contributed by atoms with Crippen molar-refractivity contribution in [1.82, 2.24) is 30.1 Å². The number of phenols is 1. The summed E-state index contributed by atoms with van der Waals surface area (Å²) in [6, 6.07) is 9.54. The Morgan fingerprint density at radius 2 is 2.10 bits per heavy atom. The number of hydrogen-bond acceptors (Lipinski definition) is 9. The summed E-state index contributed by atoms with van der Waals surface area (Å²) in [7, 11) is 3.09. The number of nitrogens with one attached hydrogen (secondary N) is 1. The van der Waals surface area contributed by atoms with Gasteiger partial charge >= 0.3 is 6.03 Å². The quantitative estimate of drug-likeness (QED) is 0.327. The minimum absolute atomic E-state index is 0.0134. The number of piperazine rings is 1. The molecular weight excluding hydrogens is 546 g/mol. The molecule has 0 unspecified atom stereocenters. The SMILES string of the molecule is CCCCNC(=O)N(C)N1CC(=O)N2[C@@H](Cc3ccc(O)c(OC)c3)C(=O)N(Cc3cccc4sc(N)nc34)C[C@@H]21. The third-order valence-corrected chi connectivity index (χ3v) is 8.46. The van der Waals surface area contributed by atoms with Gasteiger partial charge in [-0.25, -0.2) is 9.78 Å². The Morgan fingerprint density at radius 3 is 2.85 bits per heavy atom. The number of hydrazine groups is 1. The van der Waals surface area contributed by atoms with E-state index in [1.54, 1.807) is 34.0 Å². The summed E-state index contributed by atoms with van der Waals surface area (Å²) < 4.78 is 6.20. The topological polar surface area (TPSA) is 145 Å². The number of hydrogen-bond donors (Lipinski definition) is 3. The second-order valence-corrected chi connectivity index (χ2v) is 11.3. The molecule has 4 N–H and O–H groups in total. The second-order valence-electron chi connectivity index (χ2n) is 10.2. The first kappa shape index (κ1) is 28.4. The van der Waals surface area contributed by atoms with Gasteiger partial charge in [0.15, 0.2) is 16.6 Å². The number of rotatable bonds is 9. The Morgan fingerprint density at radius 1 is 1.29 bits per heavy atom. The lowest BCUT2D eigenvalue weighted by atomic mass is 9.99. The molecule has 3 heterocycles. The maximum Gasteiger partial charge on any atom is 0.331 e. The van der Waals surface area contributed by atoms with Gasteiger partial charge < -0.3 is 30.7 Å².